The second-order valence-corrected chi connectivity index (χ2v) is 4.01. The molecule has 0 aromatic carbocycles. The number of piperazine rings is 1. The number of aliphatic hydroxyl groups excluding tert-OH is 1. The van der Waals surface area contributed by atoms with Crippen LogP contribution in [-0.4, -0.2) is 73.5 Å². The van der Waals surface area contributed by atoms with Crippen molar-refractivity contribution in [1.29, 1.82) is 0 Å². The summed E-state index contributed by atoms with van der Waals surface area (Å²) >= 11 is 0. The van der Waals surface area contributed by atoms with Gasteiger partial charge in [-0.15, -0.1) is 0 Å². The number of rotatable bonds is 1. The standard InChI is InChI=1S/C9H18N2O2/c1-10-2-4-11(5-3-10)8-6-13-7-9(8)12/h8-9,12H,2-7H2,1H3/t8-,9-/m1/s1. The van der Waals surface area contributed by atoms with E-state index in [9.17, 15) is 5.11 Å². The summed E-state index contributed by atoms with van der Waals surface area (Å²) in [5.74, 6) is 0. The van der Waals surface area contributed by atoms with E-state index in [0.717, 1.165) is 26.2 Å². The van der Waals surface area contributed by atoms with Crippen LogP contribution in [-0.2, 0) is 4.74 Å². The number of ether oxygens (including phenoxy) is 1. The van der Waals surface area contributed by atoms with Gasteiger partial charge in [-0.3, -0.25) is 4.90 Å². The Hall–Kier alpha value is -0.160. The SMILES string of the molecule is CN1CCN([C@@H]2COC[C@H]2O)CC1. The molecular formula is C9H18N2O2. The zero-order valence-corrected chi connectivity index (χ0v) is 8.15. The molecule has 2 rings (SSSR count). The molecule has 76 valence electrons. The normalized spacial score (nSPS) is 38.3. The first kappa shape index (κ1) is 9.40. The molecule has 0 spiro atoms. The summed E-state index contributed by atoms with van der Waals surface area (Å²) in [5, 5.41) is 9.63. The number of hydrogen-bond donors (Lipinski definition) is 1. The van der Waals surface area contributed by atoms with Crippen molar-refractivity contribution in [2.75, 3.05) is 46.4 Å². The van der Waals surface area contributed by atoms with Crippen molar-refractivity contribution in [3.8, 4) is 0 Å². The van der Waals surface area contributed by atoms with E-state index in [1.165, 1.54) is 0 Å². The van der Waals surface area contributed by atoms with Gasteiger partial charge < -0.3 is 14.7 Å². The molecule has 0 aliphatic carbocycles. The van der Waals surface area contributed by atoms with E-state index in [2.05, 4.69) is 16.8 Å². The monoisotopic (exact) mass is 186 g/mol. The first-order valence-corrected chi connectivity index (χ1v) is 4.96. The molecule has 0 saturated carbocycles. The average Bonchev–Trinajstić information content (AvgIpc) is 2.53. The highest BCUT2D eigenvalue weighted by Crippen LogP contribution is 2.14. The fraction of sp³-hybridized carbons (Fsp3) is 1.00. The highest BCUT2D eigenvalue weighted by Gasteiger charge is 2.32. The van der Waals surface area contributed by atoms with Crippen molar-refractivity contribution < 1.29 is 9.84 Å². The molecular weight excluding hydrogens is 168 g/mol. The van der Waals surface area contributed by atoms with Crippen LogP contribution < -0.4 is 0 Å². The highest BCUT2D eigenvalue weighted by atomic mass is 16.5. The Morgan fingerprint density at radius 2 is 1.85 bits per heavy atom. The van der Waals surface area contributed by atoms with Crippen molar-refractivity contribution >= 4 is 0 Å². The van der Waals surface area contributed by atoms with E-state index in [-0.39, 0.29) is 12.1 Å². The van der Waals surface area contributed by atoms with E-state index in [1.807, 2.05) is 0 Å². The van der Waals surface area contributed by atoms with Gasteiger partial charge in [-0.25, -0.2) is 0 Å². The van der Waals surface area contributed by atoms with Crippen molar-refractivity contribution in [1.82, 2.24) is 9.80 Å². The molecule has 0 unspecified atom stereocenters. The third-order valence-electron chi connectivity index (χ3n) is 3.03. The van der Waals surface area contributed by atoms with Gasteiger partial charge in [0.25, 0.3) is 0 Å². The first-order chi connectivity index (χ1) is 6.27. The number of nitrogens with zero attached hydrogens (tertiary/aromatic N) is 2. The van der Waals surface area contributed by atoms with Crippen molar-refractivity contribution in [2.24, 2.45) is 0 Å². The molecule has 2 saturated heterocycles. The molecule has 0 aromatic rings. The van der Waals surface area contributed by atoms with Gasteiger partial charge in [0.2, 0.25) is 0 Å². The number of aliphatic hydroxyl groups is 1. The summed E-state index contributed by atoms with van der Waals surface area (Å²) in [6.07, 6.45) is -0.275. The summed E-state index contributed by atoms with van der Waals surface area (Å²) < 4.78 is 5.24. The summed E-state index contributed by atoms with van der Waals surface area (Å²) in [7, 11) is 2.14. The predicted molar refractivity (Wildman–Crippen MR) is 49.7 cm³/mol. The van der Waals surface area contributed by atoms with Crippen LogP contribution in [0, 0.1) is 0 Å². The lowest BCUT2D eigenvalue weighted by Crippen LogP contribution is -2.52. The van der Waals surface area contributed by atoms with E-state index < -0.39 is 0 Å². The van der Waals surface area contributed by atoms with Crippen molar-refractivity contribution in [3.63, 3.8) is 0 Å². The number of likely N-dealkylation sites (N-methyl/N-ethyl adjacent to an activating group) is 1. The van der Waals surface area contributed by atoms with Crippen molar-refractivity contribution in [2.45, 2.75) is 12.1 Å². The Morgan fingerprint density at radius 3 is 2.38 bits per heavy atom. The lowest BCUT2D eigenvalue weighted by Gasteiger charge is -2.36. The molecule has 2 aliphatic rings. The fourth-order valence-corrected chi connectivity index (χ4v) is 2.03. The molecule has 0 aromatic heterocycles. The van der Waals surface area contributed by atoms with Gasteiger partial charge in [0.1, 0.15) is 0 Å². The van der Waals surface area contributed by atoms with Crippen LogP contribution in [0.1, 0.15) is 0 Å². The molecule has 2 atom stereocenters. The van der Waals surface area contributed by atoms with Gasteiger partial charge in [0.15, 0.2) is 0 Å². The average molecular weight is 186 g/mol. The molecule has 0 bridgehead atoms. The van der Waals surface area contributed by atoms with E-state index >= 15 is 0 Å². The van der Waals surface area contributed by atoms with E-state index in [1.54, 1.807) is 0 Å². The number of hydrogen-bond acceptors (Lipinski definition) is 4. The Kier molecular flexibility index (Phi) is 2.83. The van der Waals surface area contributed by atoms with E-state index in [0.29, 0.717) is 13.2 Å². The Labute approximate surface area is 79.1 Å². The fourth-order valence-electron chi connectivity index (χ4n) is 2.03. The maximum absolute atomic E-state index is 9.63. The zero-order chi connectivity index (χ0) is 9.26. The van der Waals surface area contributed by atoms with Crippen LogP contribution in [0.4, 0.5) is 0 Å². The van der Waals surface area contributed by atoms with Crippen LogP contribution in [0.3, 0.4) is 0 Å². The maximum atomic E-state index is 9.63. The first-order valence-electron chi connectivity index (χ1n) is 4.96. The minimum absolute atomic E-state index is 0.244. The van der Waals surface area contributed by atoms with Gasteiger partial charge in [-0.05, 0) is 7.05 Å². The summed E-state index contributed by atoms with van der Waals surface area (Å²) in [4.78, 5) is 4.66. The topological polar surface area (TPSA) is 35.9 Å². The Balaban J connectivity index is 1.86. The van der Waals surface area contributed by atoms with Crippen LogP contribution in [0.15, 0.2) is 0 Å². The second kappa shape index (κ2) is 3.92. The minimum atomic E-state index is -0.275. The summed E-state index contributed by atoms with van der Waals surface area (Å²) in [5.41, 5.74) is 0. The molecule has 2 heterocycles. The van der Waals surface area contributed by atoms with Crippen LogP contribution in [0.25, 0.3) is 0 Å². The third kappa shape index (κ3) is 2.02. The molecule has 0 amide bonds. The lowest BCUT2D eigenvalue weighted by atomic mass is 10.1. The van der Waals surface area contributed by atoms with Gasteiger partial charge in [-0.2, -0.15) is 0 Å². The molecule has 0 radical (unpaired) electrons. The molecule has 2 fully saturated rings. The predicted octanol–water partition coefficient (Wildman–Crippen LogP) is -1.01. The lowest BCUT2D eigenvalue weighted by molar-refractivity contribution is 0.0512. The maximum Gasteiger partial charge on any atom is 0.0950 e. The molecule has 2 aliphatic heterocycles. The smallest absolute Gasteiger partial charge is 0.0950 e. The van der Waals surface area contributed by atoms with Crippen LogP contribution in [0.5, 0.6) is 0 Å². The van der Waals surface area contributed by atoms with Gasteiger partial charge >= 0.3 is 0 Å². The highest BCUT2D eigenvalue weighted by molar-refractivity contribution is 4.85. The van der Waals surface area contributed by atoms with Gasteiger partial charge in [0.05, 0.1) is 25.4 Å². The Morgan fingerprint density at radius 1 is 1.15 bits per heavy atom. The summed E-state index contributed by atoms with van der Waals surface area (Å²) in [6, 6.07) is 0.244. The van der Waals surface area contributed by atoms with Gasteiger partial charge in [-0.1, -0.05) is 0 Å². The Bertz CT molecular complexity index is 169. The second-order valence-electron chi connectivity index (χ2n) is 4.01. The largest absolute Gasteiger partial charge is 0.389 e. The van der Waals surface area contributed by atoms with Gasteiger partial charge in [0, 0.05) is 26.2 Å². The molecule has 13 heavy (non-hydrogen) atoms. The zero-order valence-electron chi connectivity index (χ0n) is 8.15. The quantitative estimate of drug-likeness (QED) is 0.569. The molecule has 4 nitrogen and oxygen atoms in total. The summed E-state index contributed by atoms with van der Waals surface area (Å²) in [6.45, 7) is 5.53. The molecule has 4 heteroatoms. The van der Waals surface area contributed by atoms with Crippen LogP contribution in [0.2, 0.25) is 0 Å². The minimum Gasteiger partial charge on any atom is -0.389 e. The third-order valence-corrected chi connectivity index (χ3v) is 3.03. The van der Waals surface area contributed by atoms with E-state index in [4.69, 9.17) is 4.74 Å². The van der Waals surface area contributed by atoms with Crippen LogP contribution >= 0.6 is 0 Å². The molecule has 1 N–H and O–H groups in total. The van der Waals surface area contributed by atoms with Crippen molar-refractivity contribution in [3.05, 3.63) is 0 Å².